The van der Waals surface area contributed by atoms with Crippen LogP contribution in [0.15, 0.2) is 33.7 Å². The lowest BCUT2D eigenvalue weighted by Gasteiger charge is -2.11. The van der Waals surface area contributed by atoms with Gasteiger partial charge in [0.1, 0.15) is 5.75 Å². The summed E-state index contributed by atoms with van der Waals surface area (Å²) in [6.07, 6.45) is 3.57. The third kappa shape index (κ3) is 5.46. The molecular formula is C14H15Br2NO3. The van der Waals surface area contributed by atoms with E-state index in [-0.39, 0.29) is 5.91 Å². The van der Waals surface area contributed by atoms with Gasteiger partial charge in [-0.25, -0.2) is 0 Å². The Morgan fingerprint density at radius 3 is 2.75 bits per heavy atom. The Hall–Kier alpha value is -1.14. The highest BCUT2D eigenvalue weighted by molar-refractivity contribution is 9.11. The summed E-state index contributed by atoms with van der Waals surface area (Å²) in [7, 11) is 0. The monoisotopic (exact) mass is 403 g/mol. The van der Waals surface area contributed by atoms with Crippen molar-refractivity contribution >= 4 is 44.1 Å². The minimum absolute atomic E-state index is 0.176. The van der Waals surface area contributed by atoms with Crippen LogP contribution in [0, 0.1) is 0 Å². The average molecular weight is 405 g/mol. The zero-order chi connectivity index (χ0) is 15.0. The maximum atomic E-state index is 11.0. The Morgan fingerprint density at radius 2 is 2.10 bits per heavy atom. The summed E-state index contributed by atoms with van der Waals surface area (Å²) >= 11 is 6.69. The molecule has 1 aromatic carbocycles. The standard InChI is InChI=1S/C14H15Br2NO3/c1-2-13(19)17-5-3-4-6-20-14-10(9-18)7-11(15)8-12(14)16/h2,7-9H,1,3-6H2,(H,17,19). The molecule has 1 rings (SSSR count). The Morgan fingerprint density at radius 1 is 1.35 bits per heavy atom. The fourth-order valence-corrected chi connectivity index (χ4v) is 2.88. The highest BCUT2D eigenvalue weighted by Gasteiger charge is 2.09. The van der Waals surface area contributed by atoms with E-state index in [0.29, 0.717) is 24.5 Å². The lowest BCUT2D eigenvalue weighted by atomic mass is 10.2. The van der Waals surface area contributed by atoms with Crippen molar-refractivity contribution in [2.75, 3.05) is 13.2 Å². The number of rotatable bonds is 8. The van der Waals surface area contributed by atoms with Gasteiger partial charge in [0.05, 0.1) is 16.6 Å². The second-order valence-corrected chi connectivity index (χ2v) is 5.74. The predicted molar refractivity (Wildman–Crippen MR) is 85.2 cm³/mol. The number of unbranched alkanes of at least 4 members (excludes halogenated alkanes) is 1. The molecule has 0 aliphatic heterocycles. The van der Waals surface area contributed by atoms with Gasteiger partial charge in [-0.1, -0.05) is 22.5 Å². The van der Waals surface area contributed by atoms with Crippen molar-refractivity contribution in [2.45, 2.75) is 12.8 Å². The molecule has 0 bridgehead atoms. The predicted octanol–water partition coefficient (Wildman–Crippen LogP) is 3.49. The molecule has 108 valence electrons. The summed E-state index contributed by atoms with van der Waals surface area (Å²) in [5.74, 6) is 0.364. The van der Waals surface area contributed by atoms with Crippen LogP contribution < -0.4 is 10.1 Å². The second kappa shape index (κ2) is 8.92. The number of halogens is 2. The van der Waals surface area contributed by atoms with E-state index in [0.717, 1.165) is 28.1 Å². The number of amides is 1. The van der Waals surface area contributed by atoms with Gasteiger partial charge in [-0.2, -0.15) is 0 Å². The first-order valence-electron chi connectivity index (χ1n) is 6.05. The quantitative estimate of drug-likeness (QED) is 0.410. The molecule has 0 heterocycles. The summed E-state index contributed by atoms with van der Waals surface area (Å²) in [5.41, 5.74) is 0.492. The van der Waals surface area contributed by atoms with Gasteiger partial charge in [-0.3, -0.25) is 9.59 Å². The minimum atomic E-state index is -0.176. The topological polar surface area (TPSA) is 55.4 Å². The molecule has 0 fully saturated rings. The van der Waals surface area contributed by atoms with E-state index in [2.05, 4.69) is 43.8 Å². The summed E-state index contributed by atoms with van der Waals surface area (Å²) in [5, 5.41) is 2.69. The van der Waals surface area contributed by atoms with Gasteiger partial charge in [-0.05, 0) is 47.0 Å². The van der Waals surface area contributed by atoms with Crippen molar-refractivity contribution < 1.29 is 14.3 Å². The molecule has 20 heavy (non-hydrogen) atoms. The maximum absolute atomic E-state index is 11.0. The van der Waals surface area contributed by atoms with Gasteiger partial charge >= 0.3 is 0 Å². The summed E-state index contributed by atoms with van der Waals surface area (Å²) in [4.78, 5) is 21.9. The Bertz CT molecular complexity index is 503. The third-order valence-electron chi connectivity index (χ3n) is 2.47. The molecule has 0 aliphatic carbocycles. The molecule has 0 saturated heterocycles. The van der Waals surface area contributed by atoms with Crippen LogP contribution in [0.3, 0.4) is 0 Å². The van der Waals surface area contributed by atoms with E-state index in [4.69, 9.17) is 4.74 Å². The average Bonchev–Trinajstić information content (AvgIpc) is 2.43. The van der Waals surface area contributed by atoms with Crippen LogP contribution in [0.1, 0.15) is 23.2 Å². The highest BCUT2D eigenvalue weighted by atomic mass is 79.9. The normalized spacial score (nSPS) is 9.90. The molecule has 0 unspecified atom stereocenters. The van der Waals surface area contributed by atoms with Gasteiger partial charge < -0.3 is 10.1 Å². The van der Waals surface area contributed by atoms with Crippen molar-refractivity contribution in [2.24, 2.45) is 0 Å². The fourth-order valence-electron chi connectivity index (χ4n) is 1.51. The lowest BCUT2D eigenvalue weighted by molar-refractivity contribution is -0.116. The molecule has 0 saturated carbocycles. The first-order chi connectivity index (χ1) is 9.58. The molecule has 0 aliphatic rings. The van der Waals surface area contributed by atoms with Crippen molar-refractivity contribution in [1.82, 2.24) is 5.32 Å². The number of carbonyl (C=O) groups excluding carboxylic acids is 2. The number of ether oxygens (including phenoxy) is 1. The molecule has 4 nitrogen and oxygen atoms in total. The van der Waals surface area contributed by atoms with Crippen LogP contribution in [0.5, 0.6) is 5.75 Å². The molecule has 6 heteroatoms. The largest absolute Gasteiger partial charge is 0.492 e. The minimum Gasteiger partial charge on any atom is -0.492 e. The van der Waals surface area contributed by atoms with E-state index >= 15 is 0 Å². The molecule has 0 spiro atoms. The Kier molecular flexibility index (Phi) is 7.54. The SMILES string of the molecule is C=CC(=O)NCCCCOc1c(Br)cc(Br)cc1C=O. The number of aldehydes is 1. The van der Waals surface area contributed by atoms with Gasteiger partial charge in [0.15, 0.2) is 6.29 Å². The van der Waals surface area contributed by atoms with Crippen LogP contribution in [0.2, 0.25) is 0 Å². The molecule has 0 radical (unpaired) electrons. The van der Waals surface area contributed by atoms with E-state index in [9.17, 15) is 9.59 Å². The van der Waals surface area contributed by atoms with Crippen molar-refractivity contribution in [3.8, 4) is 5.75 Å². The number of benzene rings is 1. The van der Waals surface area contributed by atoms with Crippen LogP contribution in [0.4, 0.5) is 0 Å². The molecule has 1 N–H and O–H groups in total. The van der Waals surface area contributed by atoms with E-state index in [1.807, 2.05) is 6.07 Å². The zero-order valence-electron chi connectivity index (χ0n) is 10.8. The molecule has 1 aromatic rings. The first-order valence-corrected chi connectivity index (χ1v) is 7.64. The lowest BCUT2D eigenvalue weighted by Crippen LogP contribution is -2.22. The highest BCUT2D eigenvalue weighted by Crippen LogP contribution is 2.32. The van der Waals surface area contributed by atoms with E-state index in [1.54, 1.807) is 6.07 Å². The van der Waals surface area contributed by atoms with E-state index in [1.165, 1.54) is 6.08 Å². The second-order valence-electron chi connectivity index (χ2n) is 3.97. The zero-order valence-corrected chi connectivity index (χ0v) is 14.0. The van der Waals surface area contributed by atoms with Gasteiger partial charge in [-0.15, -0.1) is 0 Å². The number of carbonyl (C=O) groups is 2. The maximum Gasteiger partial charge on any atom is 0.243 e. The van der Waals surface area contributed by atoms with Crippen molar-refractivity contribution in [3.63, 3.8) is 0 Å². The molecule has 0 aromatic heterocycles. The van der Waals surface area contributed by atoms with Crippen molar-refractivity contribution in [3.05, 3.63) is 39.3 Å². The van der Waals surface area contributed by atoms with Crippen LogP contribution >= 0.6 is 31.9 Å². The van der Waals surface area contributed by atoms with Crippen LogP contribution in [-0.2, 0) is 4.79 Å². The molecular weight excluding hydrogens is 390 g/mol. The fraction of sp³-hybridized carbons (Fsp3) is 0.286. The van der Waals surface area contributed by atoms with E-state index < -0.39 is 0 Å². The molecule has 1 amide bonds. The first kappa shape index (κ1) is 16.9. The molecule has 0 atom stereocenters. The number of nitrogens with one attached hydrogen (secondary N) is 1. The van der Waals surface area contributed by atoms with Crippen molar-refractivity contribution in [1.29, 1.82) is 0 Å². The Labute approximate surface area is 134 Å². The number of hydrogen-bond acceptors (Lipinski definition) is 3. The number of hydrogen-bond donors (Lipinski definition) is 1. The summed E-state index contributed by atoms with van der Waals surface area (Å²) in [6.45, 7) is 4.43. The smallest absolute Gasteiger partial charge is 0.243 e. The van der Waals surface area contributed by atoms with Crippen LogP contribution in [-0.4, -0.2) is 25.3 Å². The third-order valence-corrected chi connectivity index (χ3v) is 3.51. The van der Waals surface area contributed by atoms with Crippen LogP contribution in [0.25, 0.3) is 0 Å². The Balaban J connectivity index is 2.41. The van der Waals surface area contributed by atoms with Gasteiger partial charge in [0.25, 0.3) is 0 Å². The summed E-state index contributed by atoms with van der Waals surface area (Å²) < 4.78 is 7.16. The van der Waals surface area contributed by atoms with Gasteiger partial charge in [0, 0.05) is 11.0 Å². The van der Waals surface area contributed by atoms with Gasteiger partial charge in [0.2, 0.25) is 5.91 Å². The summed E-state index contributed by atoms with van der Waals surface area (Å²) in [6, 6.07) is 3.53.